The summed E-state index contributed by atoms with van der Waals surface area (Å²) in [6.45, 7) is 2.00. The molecule has 1 fully saturated rings. The van der Waals surface area contributed by atoms with Crippen molar-refractivity contribution < 1.29 is 4.79 Å². The molecule has 0 saturated heterocycles. The molecule has 0 aromatic heterocycles. The van der Waals surface area contributed by atoms with E-state index in [1.54, 1.807) is 0 Å². The van der Waals surface area contributed by atoms with E-state index in [-0.39, 0.29) is 17.9 Å². The number of carbonyl (C=O) groups excluding carboxylic acids is 1. The normalized spacial score (nSPS) is 24.1. The Morgan fingerprint density at radius 2 is 2.18 bits per heavy atom. The van der Waals surface area contributed by atoms with Gasteiger partial charge in [0.25, 0.3) is 0 Å². The summed E-state index contributed by atoms with van der Waals surface area (Å²) in [5.74, 6) is 1.35. The van der Waals surface area contributed by atoms with Crippen LogP contribution in [0.15, 0.2) is 30.3 Å². The van der Waals surface area contributed by atoms with E-state index in [1.807, 2.05) is 25.1 Å². The number of rotatable bonds is 5. The van der Waals surface area contributed by atoms with Crippen LogP contribution in [0, 0.1) is 5.92 Å². The molecule has 2 nitrogen and oxygen atoms in total. The molecule has 0 spiro atoms. The number of nitrogens with one attached hydrogen (secondary N) is 1. The average Bonchev–Trinajstić information content (AvgIpc) is 3.10. The number of hydrogen-bond donors (Lipinski definition) is 1. The summed E-state index contributed by atoms with van der Waals surface area (Å²) < 4.78 is 0. The number of hydrogen-bond acceptors (Lipinski definition) is 1. The Morgan fingerprint density at radius 3 is 2.82 bits per heavy atom. The van der Waals surface area contributed by atoms with Gasteiger partial charge in [-0.25, -0.2) is 0 Å². The van der Waals surface area contributed by atoms with Gasteiger partial charge in [0.05, 0.1) is 0 Å². The van der Waals surface area contributed by atoms with Crippen LogP contribution in [0.4, 0.5) is 0 Å². The highest BCUT2D eigenvalue weighted by Gasteiger charge is 2.43. The highest BCUT2D eigenvalue weighted by atomic mass is 35.5. The maximum absolute atomic E-state index is 11.9. The lowest BCUT2D eigenvalue weighted by atomic mass is 10.1. The number of halogens is 1. The molecule has 1 aromatic carbocycles. The van der Waals surface area contributed by atoms with E-state index in [4.69, 9.17) is 11.6 Å². The Labute approximate surface area is 107 Å². The number of carbonyl (C=O) groups is 1. The maximum atomic E-state index is 11.9. The van der Waals surface area contributed by atoms with E-state index < -0.39 is 0 Å². The standard InChI is InChI=1S/C14H18ClNO/c1-10(7-8-15)16-14(17)13-9-12(13)11-5-3-2-4-6-11/h2-6,10,12-13H,7-9H2,1H3,(H,16,17). The van der Waals surface area contributed by atoms with Crippen molar-refractivity contribution in [1.82, 2.24) is 5.32 Å². The zero-order valence-corrected chi connectivity index (χ0v) is 10.8. The predicted molar refractivity (Wildman–Crippen MR) is 70.2 cm³/mol. The molecule has 0 heterocycles. The molecule has 2 rings (SSSR count). The van der Waals surface area contributed by atoms with Crippen LogP contribution >= 0.6 is 11.6 Å². The van der Waals surface area contributed by atoms with Gasteiger partial charge in [-0.15, -0.1) is 11.6 Å². The van der Waals surface area contributed by atoms with E-state index >= 15 is 0 Å². The van der Waals surface area contributed by atoms with Gasteiger partial charge >= 0.3 is 0 Å². The van der Waals surface area contributed by atoms with Crippen molar-refractivity contribution in [3.63, 3.8) is 0 Å². The van der Waals surface area contributed by atoms with Crippen LogP contribution in [-0.4, -0.2) is 17.8 Å². The Kier molecular flexibility index (Phi) is 4.06. The summed E-state index contributed by atoms with van der Waals surface area (Å²) >= 11 is 5.65. The van der Waals surface area contributed by atoms with E-state index in [0.29, 0.717) is 11.8 Å². The summed E-state index contributed by atoms with van der Waals surface area (Å²) in [5, 5.41) is 3.02. The molecular weight excluding hydrogens is 234 g/mol. The molecule has 0 bridgehead atoms. The first-order chi connectivity index (χ1) is 8.22. The van der Waals surface area contributed by atoms with Crippen LogP contribution < -0.4 is 5.32 Å². The number of alkyl halides is 1. The lowest BCUT2D eigenvalue weighted by molar-refractivity contribution is -0.123. The molecule has 3 unspecified atom stereocenters. The summed E-state index contributed by atoms with van der Waals surface area (Å²) in [6, 6.07) is 10.4. The Balaban J connectivity index is 1.84. The third kappa shape index (κ3) is 3.22. The number of amides is 1. The van der Waals surface area contributed by atoms with Gasteiger partial charge in [0.15, 0.2) is 0 Å². The molecule has 0 radical (unpaired) electrons. The molecule has 3 atom stereocenters. The number of benzene rings is 1. The maximum Gasteiger partial charge on any atom is 0.223 e. The summed E-state index contributed by atoms with van der Waals surface area (Å²) in [4.78, 5) is 11.9. The molecule has 1 aliphatic rings. The van der Waals surface area contributed by atoms with Crippen molar-refractivity contribution in [1.29, 1.82) is 0 Å². The Bertz CT molecular complexity index is 379. The lowest BCUT2D eigenvalue weighted by Gasteiger charge is -2.12. The van der Waals surface area contributed by atoms with Crippen molar-refractivity contribution in [2.75, 3.05) is 5.88 Å². The third-order valence-electron chi connectivity index (χ3n) is 3.29. The van der Waals surface area contributed by atoms with Crippen LogP contribution in [0.2, 0.25) is 0 Å². The molecule has 1 N–H and O–H groups in total. The fourth-order valence-corrected chi connectivity index (χ4v) is 2.47. The molecule has 1 saturated carbocycles. The summed E-state index contributed by atoms with van der Waals surface area (Å²) in [5.41, 5.74) is 1.28. The van der Waals surface area contributed by atoms with Crippen molar-refractivity contribution in [2.45, 2.75) is 31.7 Å². The van der Waals surface area contributed by atoms with Crippen molar-refractivity contribution in [3.8, 4) is 0 Å². The van der Waals surface area contributed by atoms with Gasteiger partial charge in [0.1, 0.15) is 0 Å². The first kappa shape index (κ1) is 12.4. The van der Waals surface area contributed by atoms with Crippen LogP contribution in [0.3, 0.4) is 0 Å². The highest BCUT2D eigenvalue weighted by molar-refractivity contribution is 6.17. The van der Waals surface area contributed by atoms with E-state index in [9.17, 15) is 4.79 Å². The SMILES string of the molecule is CC(CCCl)NC(=O)C1CC1c1ccccc1. The largest absolute Gasteiger partial charge is 0.353 e. The summed E-state index contributed by atoms with van der Waals surface area (Å²) in [7, 11) is 0. The second kappa shape index (κ2) is 5.54. The molecule has 1 amide bonds. The Morgan fingerprint density at radius 1 is 1.47 bits per heavy atom. The fraction of sp³-hybridized carbons (Fsp3) is 0.500. The van der Waals surface area contributed by atoms with Gasteiger partial charge in [-0.3, -0.25) is 4.79 Å². The third-order valence-corrected chi connectivity index (χ3v) is 3.50. The van der Waals surface area contributed by atoms with Crippen LogP contribution in [-0.2, 0) is 4.79 Å². The molecular formula is C14H18ClNO. The van der Waals surface area contributed by atoms with E-state index in [0.717, 1.165) is 12.8 Å². The first-order valence-electron chi connectivity index (χ1n) is 6.13. The minimum Gasteiger partial charge on any atom is -0.353 e. The predicted octanol–water partition coefficient (Wildman–Crippen LogP) is 2.92. The first-order valence-corrected chi connectivity index (χ1v) is 6.67. The monoisotopic (exact) mass is 251 g/mol. The van der Waals surface area contributed by atoms with Gasteiger partial charge in [-0.1, -0.05) is 30.3 Å². The van der Waals surface area contributed by atoms with E-state index in [1.165, 1.54) is 5.56 Å². The van der Waals surface area contributed by atoms with Crippen molar-refractivity contribution in [3.05, 3.63) is 35.9 Å². The minimum atomic E-state index is 0.162. The zero-order valence-electron chi connectivity index (χ0n) is 10.0. The lowest BCUT2D eigenvalue weighted by Crippen LogP contribution is -2.34. The fourth-order valence-electron chi connectivity index (χ4n) is 2.14. The molecule has 3 heteroatoms. The van der Waals surface area contributed by atoms with Crippen molar-refractivity contribution in [2.24, 2.45) is 5.92 Å². The van der Waals surface area contributed by atoms with Crippen LogP contribution in [0.25, 0.3) is 0 Å². The highest BCUT2D eigenvalue weighted by Crippen LogP contribution is 2.47. The average molecular weight is 252 g/mol. The van der Waals surface area contributed by atoms with Gasteiger partial charge < -0.3 is 5.32 Å². The Hall–Kier alpha value is -1.02. The molecule has 1 aliphatic carbocycles. The quantitative estimate of drug-likeness (QED) is 0.801. The molecule has 17 heavy (non-hydrogen) atoms. The minimum absolute atomic E-state index is 0.162. The van der Waals surface area contributed by atoms with Crippen LogP contribution in [0.5, 0.6) is 0 Å². The van der Waals surface area contributed by atoms with E-state index in [2.05, 4.69) is 17.4 Å². The van der Waals surface area contributed by atoms with Gasteiger partial charge in [0.2, 0.25) is 5.91 Å². The van der Waals surface area contributed by atoms with Gasteiger partial charge in [-0.05, 0) is 31.2 Å². The second-order valence-corrected chi connectivity index (χ2v) is 5.12. The zero-order chi connectivity index (χ0) is 12.3. The molecule has 92 valence electrons. The van der Waals surface area contributed by atoms with Gasteiger partial charge in [-0.2, -0.15) is 0 Å². The summed E-state index contributed by atoms with van der Waals surface area (Å²) in [6.07, 6.45) is 1.81. The molecule has 1 aromatic rings. The van der Waals surface area contributed by atoms with Gasteiger partial charge in [0, 0.05) is 17.8 Å². The second-order valence-electron chi connectivity index (χ2n) is 4.75. The molecule has 0 aliphatic heterocycles. The smallest absolute Gasteiger partial charge is 0.223 e. The van der Waals surface area contributed by atoms with Crippen LogP contribution in [0.1, 0.15) is 31.2 Å². The topological polar surface area (TPSA) is 29.1 Å². The van der Waals surface area contributed by atoms with Crippen molar-refractivity contribution >= 4 is 17.5 Å².